The van der Waals surface area contributed by atoms with Crippen LogP contribution in [0.3, 0.4) is 0 Å². The summed E-state index contributed by atoms with van der Waals surface area (Å²) in [7, 11) is 0. The zero-order valence-electron chi connectivity index (χ0n) is 11.4. The highest BCUT2D eigenvalue weighted by molar-refractivity contribution is 9.10. The maximum atomic E-state index is 12.5. The van der Waals surface area contributed by atoms with Crippen LogP contribution >= 0.6 is 50.7 Å². The van der Waals surface area contributed by atoms with E-state index in [0.717, 1.165) is 5.39 Å². The number of halogens is 4. The van der Waals surface area contributed by atoms with Gasteiger partial charge in [0.05, 0.1) is 36.3 Å². The van der Waals surface area contributed by atoms with Crippen molar-refractivity contribution in [2.75, 3.05) is 5.32 Å². The van der Waals surface area contributed by atoms with E-state index in [-0.39, 0.29) is 15.6 Å². The molecule has 0 saturated heterocycles. The lowest BCUT2D eigenvalue weighted by Crippen LogP contribution is -2.13. The SMILES string of the molecule is O=C(Nc1cccc2c(Cl)c(Br)cnc12)c1c(Cl)cccc1Cl. The first-order valence-corrected chi connectivity index (χ1v) is 8.40. The van der Waals surface area contributed by atoms with Gasteiger partial charge in [-0.15, -0.1) is 0 Å². The fraction of sp³-hybridized carbons (Fsp3) is 0. The van der Waals surface area contributed by atoms with Gasteiger partial charge in [0.15, 0.2) is 0 Å². The van der Waals surface area contributed by atoms with E-state index in [9.17, 15) is 4.79 Å². The number of nitrogens with one attached hydrogen (secondary N) is 1. The van der Waals surface area contributed by atoms with Crippen LogP contribution in [-0.2, 0) is 0 Å². The van der Waals surface area contributed by atoms with Gasteiger partial charge in [-0.05, 0) is 34.1 Å². The second-order valence-electron chi connectivity index (χ2n) is 4.67. The molecule has 0 unspecified atom stereocenters. The van der Waals surface area contributed by atoms with Crippen LogP contribution in [0.1, 0.15) is 10.4 Å². The van der Waals surface area contributed by atoms with E-state index >= 15 is 0 Å². The van der Waals surface area contributed by atoms with Crippen molar-refractivity contribution >= 4 is 73.2 Å². The normalized spacial score (nSPS) is 10.8. The van der Waals surface area contributed by atoms with Gasteiger partial charge in [0.2, 0.25) is 0 Å². The Hall–Kier alpha value is -1.33. The Bertz CT molecular complexity index is 910. The quantitative estimate of drug-likeness (QED) is 0.525. The Balaban J connectivity index is 2.06. The van der Waals surface area contributed by atoms with E-state index < -0.39 is 5.91 Å². The van der Waals surface area contributed by atoms with E-state index in [0.29, 0.717) is 20.7 Å². The molecule has 1 amide bonds. The molecule has 116 valence electrons. The average molecular weight is 431 g/mol. The number of carbonyl (C=O) groups excluding carboxylic acids is 1. The number of anilines is 1. The molecule has 2 aromatic carbocycles. The monoisotopic (exact) mass is 428 g/mol. The minimum absolute atomic E-state index is 0.219. The van der Waals surface area contributed by atoms with Gasteiger partial charge < -0.3 is 5.32 Å². The molecular formula is C16H8BrCl3N2O. The number of hydrogen-bond donors (Lipinski definition) is 1. The third-order valence-corrected chi connectivity index (χ3v) is 5.09. The number of hydrogen-bond acceptors (Lipinski definition) is 2. The summed E-state index contributed by atoms with van der Waals surface area (Å²) in [6.07, 6.45) is 1.59. The van der Waals surface area contributed by atoms with Crippen LogP contribution in [0.5, 0.6) is 0 Å². The number of rotatable bonds is 2. The molecule has 7 heteroatoms. The first kappa shape index (κ1) is 16.5. The molecule has 3 rings (SSSR count). The molecule has 0 aliphatic carbocycles. The zero-order valence-corrected chi connectivity index (χ0v) is 15.3. The van der Waals surface area contributed by atoms with Crippen LogP contribution in [-0.4, -0.2) is 10.9 Å². The number of para-hydroxylation sites is 1. The molecule has 1 heterocycles. The molecule has 3 aromatic rings. The number of carbonyl (C=O) groups is 1. The molecule has 0 radical (unpaired) electrons. The van der Waals surface area contributed by atoms with Crippen molar-refractivity contribution in [3.05, 3.63) is 67.7 Å². The van der Waals surface area contributed by atoms with Gasteiger partial charge in [-0.25, -0.2) is 0 Å². The number of aromatic nitrogens is 1. The number of pyridine rings is 1. The fourth-order valence-corrected chi connectivity index (χ4v) is 3.25. The van der Waals surface area contributed by atoms with Gasteiger partial charge in [-0.3, -0.25) is 9.78 Å². The van der Waals surface area contributed by atoms with Crippen molar-refractivity contribution in [1.29, 1.82) is 0 Å². The molecule has 23 heavy (non-hydrogen) atoms. The Morgan fingerprint density at radius 3 is 2.39 bits per heavy atom. The molecule has 0 saturated carbocycles. The van der Waals surface area contributed by atoms with Gasteiger partial charge in [-0.2, -0.15) is 0 Å². The third-order valence-electron chi connectivity index (χ3n) is 3.23. The molecule has 3 nitrogen and oxygen atoms in total. The smallest absolute Gasteiger partial charge is 0.258 e. The molecule has 0 aliphatic heterocycles. The lowest BCUT2D eigenvalue weighted by atomic mass is 10.1. The third kappa shape index (κ3) is 3.17. The number of fused-ring (bicyclic) bond motifs is 1. The standard InChI is InChI=1S/C16H8BrCl3N2O/c17-9-7-21-15-8(14(9)20)3-1-6-12(15)22-16(23)13-10(18)4-2-5-11(13)19/h1-7H,(H,22,23). The van der Waals surface area contributed by atoms with Crippen LogP contribution < -0.4 is 5.32 Å². The number of benzene rings is 2. The summed E-state index contributed by atoms with van der Waals surface area (Å²) >= 11 is 21.7. The molecule has 1 N–H and O–H groups in total. The van der Waals surface area contributed by atoms with Gasteiger partial charge in [0, 0.05) is 11.6 Å². The maximum Gasteiger partial charge on any atom is 0.258 e. The highest BCUT2D eigenvalue weighted by Crippen LogP contribution is 2.33. The fourth-order valence-electron chi connectivity index (χ4n) is 2.17. The van der Waals surface area contributed by atoms with Gasteiger partial charge in [0.1, 0.15) is 0 Å². The van der Waals surface area contributed by atoms with E-state index in [4.69, 9.17) is 34.8 Å². The molecule has 1 aromatic heterocycles. The molecule has 0 bridgehead atoms. The summed E-state index contributed by atoms with van der Waals surface area (Å²) in [5.41, 5.74) is 1.33. The average Bonchev–Trinajstić information content (AvgIpc) is 2.51. The van der Waals surface area contributed by atoms with Crippen molar-refractivity contribution in [3.63, 3.8) is 0 Å². The highest BCUT2D eigenvalue weighted by atomic mass is 79.9. The molecule has 0 fully saturated rings. The predicted octanol–water partition coefficient (Wildman–Crippen LogP) is 6.21. The summed E-state index contributed by atoms with van der Waals surface area (Å²) in [5, 5.41) is 4.60. The van der Waals surface area contributed by atoms with Crippen molar-refractivity contribution < 1.29 is 4.79 Å². The summed E-state index contributed by atoms with van der Waals surface area (Å²) in [6, 6.07) is 10.2. The van der Waals surface area contributed by atoms with Crippen molar-refractivity contribution in [3.8, 4) is 0 Å². The largest absolute Gasteiger partial charge is 0.320 e. The lowest BCUT2D eigenvalue weighted by molar-refractivity contribution is 0.102. The van der Waals surface area contributed by atoms with Crippen LogP contribution in [0.25, 0.3) is 10.9 Å². The first-order chi connectivity index (χ1) is 11.0. The van der Waals surface area contributed by atoms with Gasteiger partial charge in [-0.1, -0.05) is 53.0 Å². The summed E-state index contributed by atoms with van der Waals surface area (Å²) < 4.78 is 0.685. The Morgan fingerprint density at radius 2 is 1.70 bits per heavy atom. The number of nitrogens with zero attached hydrogens (tertiary/aromatic N) is 1. The molecule has 0 aliphatic rings. The number of amides is 1. The summed E-state index contributed by atoms with van der Waals surface area (Å²) in [6.45, 7) is 0. The topological polar surface area (TPSA) is 42.0 Å². The zero-order chi connectivity index (χ0) is 16.6. The van der Waals surface area contributed by atoms with E-state index in [1.807, 2.05) is 6.07 Å². The van der Waals surface area contributed by atoms with Crippen molar-refractivity contribution in [2.45, 2.75) is 0 Å². The van der Waals surface area contributed by atoms with E-state index in [1.54, 1.807) is 36.5 Å². The minimum Gasteiger partial charge on any atom is -0.320 e. The molecule has 0 spiro atoms. The maximum absolute atomic E-state index is 12.5. The summed E-state index contributed by atoms with van der Waals surface area (Å²) in [5.74, 6) is -0.408. The molecule has 0 atom stereocenters. The summed E-state index contributed by atoms with van der Waals surface area (Å²) in [4.78, 5) is 16.8. The second-order valence-corrected chi connectivity index (χ2v) is 6.72. The van der Waals surface area contributed by atoms with E-state index in [1.165, 1.54) is 0 Å². The Labute approximate surface area is 155 Å². The van der Waals surface area contributed by atoms with Crippen LogP contribution in [0, 0.1) is 0 Å². The van der Waals surface area contributed by atoms with Crippen molar-refractivity contribution in [2.24, 2.45) is 0 Å². The second kappa shape index (κ2) is 6.65. The van der Waals surface area contributed by atoms with E-state index in [2.05, 4.69) is 26.2 Å². The minimum atomic E-state index is -0.408. The van der Waals surface area contributed by atoms with Crippen LogP contribution in [0.2, 0.25) is 15.1 Å². The Kier molecular flexibility index (Phi) is 4.78. The lowest BCUT2D eigenvalue weighted by Gasteiger charge is -2.11. The van der Waals surface area contributed by atoms with Gasteiger partial charge in [0.25, 0.3) is 5.91 Å². The molecular weight excluding hydrogens is 422 g/mol. The predicted molar refractivity (Wildman–Crippen MR) is 98.9 cm³/mol. The Morgan fingerprint density at radius 1 is 1.04 bits per heavy atom. The van der Waals surface area contributed by atoms with Crippen LogP contribution in [0.4, 0.5) is 5.69 Å². The highest BCUT2D eigenvalue weighted by Gasteiger charge is 2.16. The van der Waals surface area contributed by atoms with Crippen LogP contribution in [0.15, 0.2) is 47.1 Å². The first-order valence-electron chi connectivity index (χ1n) is 6.47. The van der Waals surface area contributed by atoms with Crippen molar-refractivity contribution in [1.82, 2.24) is 4.98 Å². The van der Waals surface area contributed by atoms with Gasteiger partial charge >= 0.3 is 0 Å².